The Bertz CT molecular complexity index is 1020. The largest absolute Gasteiger partial charge is 0.507 e. The first kappa shape index (κ1) is 18.8. The number of esters is 1. The third-order valence-corrected chi connectivity index (χ3v) is 3.81. The number of benzene rings is 1. The number of ketones is 1. The van der Waals surface area contributed by atoms with Gasteiger partial charge in [0.15, 0.2) is 5.82 Å². The Balaban J connectivity index is 1.89. The van der Waals surface area contributed by atoms with E-state index >= 15 is 0 Å². The van der Waals surface area contributed by atoms with Gasteiger partial charge in [0.25, 0.3) is 0 Å². The molecule has 0 saturated heterocycles. The van der Waals surface area contributed by atoms with Crippen LogP contribution >= 0.6 is 0 Å². The minimum Gasteiger partial charge on any atom is -0.507 e. The summed E-state index contributed by atoms with van der Waals surface area (Å²) in [6.45, 7) is 1.84. The molecule has 0 amide bonds. The number of rotatable bonds is 7. The number of H-pyrrole nitrogens is 1. The maximum atomic E-state index is 12.1. The van der Waals surface area contributed by atoms with Crippen molar-refractivity contribution in [3.8, 4) is 0 Å². The van der Waals surface area contributed by atoms with Crippen molar-refractivity contribution in [2.45, 2.75) is 13.5 Å². The number of nitrogens with zero attached hydrogens (tertiary/aromatic N) is 3. The Labute approximate surface area is 160 Å². The highest BCUT2D eigenvalue weighted by atomic mass is 16.5. The van der Waals surface area contributed by atoms with Crippen LogP contribution in [0.15, 0.2) is 61.3 Å². The summed E-state index contributed by atoms with van der Waals surface area (Å²) >= 11 is 0. The maximum absolute atomic E-state index is 12.1. The molecule has 3 aromatic rings. The van der Waals surface area contributed by atoms with Crippen molar-refractivity contribution in [2.24, 2.45) is 0 Å². The van der Waals surface area contributed by atoms with Crippen LogP contribution in [-0.2, 0) is 16.1 Å². The van der Waals surface area contributed by atoms with Crippen molar-refractivity contribution < 1.29 is 19.4 Å². The Morgan fingerprint density at radius 2 is 2.07 bits per heavy atom. The number of carbonyl (C=O) groups is 2. The molecule has 28 heavy (non-hydrogen) atoms. The van der Waals surface area contributed by atoms with Crippen LogP contribution < -0.4 is 0 Å². The van der Waals surface area contributed by atoms with E-state index in [1.165, 1.54) is 19.5 Å². The molecule has 0 saturated carbocycles. The van der Waals surface area contributed by atoms with Crippen LogP contribution in [0.3, 0.4) is 0 Å². The zero-order chi connectivity index (χ0) is 19.9. The second-order valence-electron chi connectivity index (χ2n) is 5.91. The minimum atomic E-state index is -0.497. The van der Waals surface area contributed by atoms with Crippen LogP contribution in [0.2, 0.25) is 0 Å². The Morgan fingerprint density at radius 3 is 2.75 bits per heavy atom. The number of aromatic nitrogens is 4. The van der Waals surface area contributed by atoms with Gasteiger partial charge in [0.1, 0.15) is 12.1 Å². The summed E-state index contributed by atoms with van der Waals surface area (Å²) in [5, 5.41) is 16.4. The lowest BCUT2D eigenvalue weighted by molar-refractivity contribution is -0.135. The van der Waals surface area contributed by atoms with Gasteiger partial charge in [0.2, 0.25) is 5.78 Å². The molecule has 2 aromatic heterocycles. The average molecular weight is 378 g/mol. The van der Waals surface area contributed by atoms with E-state index in [0.29, 0.717) is 17.8 Å². The first-order valence-electron chi connectivity index (χ1n) is 8.41. The number of hydrogen-bond donors (Lipinski definition) is 2. The molecule has 0 unspecified atom stereocenters. The van der Waals surface area contributed by atoms with E-state index in [2.05, 4.69) is 15.2 Å². The lowest BCUT2D eigenvalue weighted by Gasteiger charge is -2.06. The van der Waals surface area contributed by atoms with Crippen LogP contribution in [0.25, 0.3) is 11.8 Å². The number of ether oxygens (including phenoxy) is 1. The van der Waals surface area contributed by atoms with Crippen LogP contribution in [0.4, 0.5) is 0 Å². The molecule has 1 aromatic carbocycles. The Kier molecular flexibility index (Phi) is 5.81. The zero-order valence-corrected chi connectivity index (χ0v) is 15.1. The summed E-state index contributed by atoms with van der Waals surface area (Å²) in [4.78, 5) is 26.8. The van der Waals surface area contributed by atoms with Crippen LogP contribution in [0.1, 0.15) is 34.4 Å². The van der Waals surface area contributed by atoms with Crippen molar-refractivity contribution in [3.05, 3.63) is 83.9 Å². The fraction of sp³-hybridized carbons (Fsp3) is 0.100. The molecule has 0 radical (unpaired) electrons. The molecule has 0 spiro atoms. The summed E-state index contributed by atoms with van der Waals surface area (Å²) in [7, 11) is 0. The molecule has 0 aliphatic heterocycles. The summed E-state index contributed by atoms with van der Waals surface area (Å²) in [5.74, 6) is -1.11. The predicted octanol–water partition coefficient (Wildman–Crippen LogP) is 2.97. The first-order chi connectivity index (χ1) is 13.5. The number of allylic oxidation sites excluding steroid dienone is 1. The Morgan fingerprint density at radius 1 is 1.29 bits per heavy atom. The monoisotopic (exact) mass is 378 g/mol. The van der Waals surface area contributed by atoms with Crippen LogP contribution in [-0.4, -0.2) is 36.6 Å². The maximum Gasteiger partial charge on any atom is 0.307 e. The smallest absolute Gasteiger partial charge is 0.307 e. The van der Waals surface area contributed by atoms with Gasteiger partial charge in [0.05, 0.1) is 6.26 Å². The topological polar surface area (TPSA) is 110 Å². The lowest BCUT2D eigenvalue weighted by Crippen LogP contribution is -2.00. The molecule has 0 aliphatic carbocycles. The van der Waals surface area contributed by atoms with Crippen molar-refractivity contribution in [2.75, 3.05) is 0 Å². The van der Waals surface area contributed by atoms with E-state index in [0.717, 1.165) is 11.6 Å². The number of hydrogen-bond acceptors (Lipinski definition) is 6. The molecule has 2 N–H and O–H groups in total. The highest BCUT2D eigenvalue weighted by Gasteiger charge is 2.12. The molecule has 0 aliphatic rings. The number of aliphatic hydroxyl groups is 1. The molecule has 0 atom stereocenters. The third kappa shape index (κ3) is 4.82. The lowest BCUT2D eigenvalue weighted by atomic mass is 10.2. The second-order valence-corrected chi connectivity index (χ2v) is 5.91. The van der Waals surface area contributed by atoms with Gasteiger partial charge in [-0.25, -0.2) is 4.98 Å². The van der Waals surface area contributed by atoms with E-state index in [1.54, 1.807) is 18.3 Å². The van der Waals surface area contributed by atoms with Crippen molar-refractivity contribution >= 4 is 23.6 Å². The van der Waals surface area contributed by atoms with E-state index < -0.39 is 11.8 Å². The van der Waals surface area contributed by atoms with Gasteiger partial charge in [-0.2, -0.15) is 5.10 Å². The summed E-state index contributed by atoms with van der Waals surface area (Å²) in [6, 6.07) is 11.4. The molecule has 3 rings (SSSR count). The van der Waals surface area contributed by atoms with Crippen molar-refractivity contribution in [3.63, 3.8) is 0 Å². The van der Waals surface area contributed by atoms with Crippen LogP contribution in [0, 0.1) is 0 Å². The van der Waals surface area contributed by atoms with Crippen molar-refractivity contribution in [1.82, 2.24) is 19.7 Å². The number of carbonyl (C=O) groups excluding carboxylic acids is 2. The summed E-state index contributed by atoms with van der Waals surface area (Å²) in [6.07, 6.45) is 6.89. The molecule has 0 fully saturated rings. The fourth-order valence-electron chi connectivity index (χ4n) is 2.52. The second kappa shape index (κ2) is 8.63. The van der Waals surface area contributed by atoms with Gasteiger partial charge >= 0.3 is 5.97 Å². The average Bonchev–Trinajstić information content (AvgIpc) is 3.33. The summed E-state index contributed by atoms with van der Waals surface area (Å²) in [5.41, 5.74) is 2.17. The van der Waals surface area contributed by atoms with Crippen molar-refractivity contribution in [1.29, 1.82) is 0 Å². The molecular weight excluding hydrogens is 360 g/mol. The van der Waals surface area contributed by atoms with E-state index in [1.807, 2.05) is 34.9 Å². The normalized spacial score (nSPS) is 11.7. The minimum absolute atomic E-state index is 0.0326. The molecule has 2 heterocycles. The third-order valence-electron chi connectivity index (χ3n) is 3.81. The quantitative estimate of drug-likeness (QED) is 0.283. The molecular formula is C20H18N4O4. The summed E-state index contributed by atoms with van der Waals surface area (Å²) < 4.78 is 6.72. The van der Waals surface area contributed by atoms with Gasteiger partial charge in [0, 0.05) is 37.0 Å². The fourth-order valence-corrected chi connectivity index (χ4v) is 2.52. The van der Waals surface area contributed by atoms with Crippen LogP contribution in [0.5, 0.6) is 0 Å². The highest BCUT2D eigenvalue weighted by molar-refractivity contribution is 6.05. The molecule has 8 nitrogen and oxygen atoms in total. The van der Waals surface area contributed by atoms with Gasteiger partial charge < -0.3 is 14.4 Å². The highest BCUT2D eigenvalue weighted by Crippen LogP contribution is 2.19. The molecule has 0 bridgehead atoms. The number of aromatic amines is 1. The van der Waals surface area contributed by atoms with Gasteiger partial charge in [-0.1, -0.05) is 30.3 Å². The van der Waals surface area contributed by atoms with Gasteiger partial charge in [-0.3, -0.25) is 14.7 Å². The van der Waals surface area contributed by atoms with Gasteiger partial charge in [-0.15, -0.1) is 0 Å². The molecule has 142 valence electrons. The Hall–Kier alpha value is -3.94. The zero-order valence-electron chi connectivity index (χ0n) is 15.1. The van der Waals surface area contributed by atoms with E-state index in [-0.39, 0.29) is 11.6 Å². The van der Waals surface area contributed by atoms with Gasteiger partial charge in [-0.05, 0) is 17.7 Å². The first-order valence-corrected chi connectivity index (χ1v) is 8.41. The molecule has 8 heteroatoms. The number of nitrogens with one attached hydrogen (secondary N) is 1. The van der Waals surface area contributed by atoms with E-state index in [9.17, 15) is 14.7 Å². The predicted molar refractivity (Wildman–Crippen MR) is 102 cm³/mol. The number of aliphatic hydroxyl groups excluding tert-OH is 1. The van der Waals surface area contributed by atoms with E-state index in [4.69, 9.17) is 4.74 Å². The SMILES string of the molecule is CC(=O)O/C=C/c1cc(/C(O)=C/C(=O)c2ncn[nH]2)cn1Cc1ccccc1. The standard InChI is InChI=1S/C20H18N4O4/c1-14(25)28-8-7-17-9-16(12-24(17)11-15-5-3-2-4-6-15)18(26)10-19(27)20-21-13-22-23-20/h2-10,12-13,26H,11H2,1H3,(H,21,22,23)/b8-7+,18-10-.